The van der Waals surface area contributed by atoms with E-state index in [-0.39, 0.29) is 15.8 Å². The molecular formula is C20H46N2P2. The van der Waals surface area contributed by atoms with Crippen molar-refractivity contribution in [3.05, 3.63) is 0 Å². The molecule has 2 N–H and O–H groups in total. The molecule has 0 rings (SSSR count). The van der Waals surface area contributed by atoms with Crippen molar-refractivity contribution in [2.45, 2.75) is 104 Å². The molecule has 0 aliphatic rings. The summed E-state index contributed by atoms with van der Waals surface area (Å²) in [5, 5.41) is 3.64. The lowest BCUT2D eigenvalue weighted by molar-refractivity contribution is 0.318. The van der Waals surface area contributed by atoms with Crippen LogP contribution in [0, 0.1) is 0 Å². The van der Waals surface area contributed by atoms with E-state index in [1.807, 2.05) is 0 Å². The van der Waals surface area contributed by atoms with E-state index >= 15 is 0 Å². The number of hydrogen-bond donors (Lipinski definition) is 1. The lowest BCUT2D eigenvalue weighted by Crippen LogP contribution is -2.39. The Bertz CT molecular complexity index is 303. The Morgan fingerprint density at radius 1 is 0.542 bits per heavy atom. The van der Waals surface area contributed by atoms with Gasteiger partial charge < -0.3 is 0 Å². The van der Waals surface area contributed by atoms with Crippen LogP contribution in [0.3, 0.4) is 0 Å². The van der Waals surface area contributed by atoms with Crippen molar-refractivity contribution < 1.29 is 0 Å². The molecule has 0 heterocycles. The maximum atomic E-state index is 6.40. The summed E-state index contributed by atoms with van der Waals surface area (Å²) >= 11 is 0. The smallest absolute Gasteiger partial charge is 0.0168 e. The monoisotopic (exact) mass is 376 g/mol. The van der Waals surface area contributed by atoms with Crippen LogP contribution in [0.1, 0.15) is 83.1 Å². The normalized spacial score (nSPS) is 15.0. The van der Waals surface area contributed by atoms with E-state index in [1.165, 1.54) is 12.3 Å². The molecule has 4 heteroatoms. The van der Waals surface area contributed by atoms with Crippen LogP contribution >= 0.6 is 15.8 Å². The molecule has 0 aromatic rings. The molecule has 0 atom stereocenters. The Hall–Kier alpha value is 0.780. The highest BCUT2D eigenvalue weighted by Gasteiger charge is 2.35. The van der Waals surface area contributed by atoms with Gasteiger partial charge in [0.15, 0.2) is 0 Å². The molecule has 0 saturated carbocycles. The van der Waals surface area contributed by atoms with Crippen LogP contribution in [0.4, 0.5) is 0 Å². The van der Waals surface area contributed by atoms with Crippen LogP contribution in [0.15, 0.2) is 0 Å². The third-order valence-corrected chi connectivity index (χ3v) is 12.2. The minimum absolute atomic E-state index is 0.0628. The van der Waals surface area contributed by atoms with E-state index in [4.69, 9.17) is 5.84 Å². The van der Waals surface area contributed by atoms with Crippen LogP contribution < -0.4 is 5.84 Å². The summed E-state index contributed by atoms with van der Waals surface area (Å²) in [4.78, 5) is 0. The van der Waals surface area contributed by atoms with E-state index in [1.54, 1.807) is 0 Å². The summed E-state index contributed by atoms with van der Waals surface area (Å²) in [5.74, 6) is 6.40. The van der Waals surface area contributed by atoms with Gasteiger partial charge in [-0.15, -0.1) is 0 Å². The van der Waals surface area contributed by atoms with Crippen LogP contribution in [-0.2, 0) is 0 Å². The van der Waals surface area contributed by atoms with E-state index in [0.29, 0.717) is 20.6 Å². The Kier molecular flexibility index (Phi) is 8.93. The van der Waals surface area contributed by atoms with E-state index in [9.17, 15) is 0 Å². The number of nitrogens with zero attached hydrogens (tertiary/aromatic N) is 1. The molecule has 0 aromatic carbocycles. The van der Waals surface area contributed by atoms with E-state index in [2.05, 4.69) is 88.1 Å². The molecule has 24 heavy (non-hydrogen) atoms. The van der Waals surface area contributed by atoms with Gasteiger partial charge in [0.2, 0.25) is 0 Å². The zero-order valence-electron chi connectivity index (χ0n) is 18.7. The van der Waals surface area contributed by atoms with E-state index < -0.39 is 0 Å². The van der Waals surface area contributed by atoms with Crippen molar-refractivity contribution in [2.24, 2.45) is 5.84 Å². The second-order valence-electron chi connectivity index (χ2n) is 11.0. The first-order valence-corrected chi connectivity index (χ1v) is 12.5. The summed E-state index contributed by atoms with van der Waals surface area (Å²) in [6.07, 6.45) is 2.48. The maximum Gasteiger partial charge on any atom is 0.0168 e. The van der Waals surface area contributed by atoms with Crippen LogP contribution in [0.25, 0.3) is 0 Å². The minimum Gasteiger partial charge on any atom is -0.269 e. The largest absolute Gasteiger partial charge is 0.269 e. The molecular weight excluding hydrogens is 330 g/mol. The molecule has 0 aliphatic heterocycles. The molecule has 0 unspecified atom stereocenters. The lowest BCUT2D eigenvalue weighted by atomic mass is 10.2. The number of hydrazine groups is 1. The summed E-state index contributed by atoms with van der Waals surface area (Å²) in [6, 6.07) is 0. The van der Waals surface area contributed by atoms with Gasteiger partial charge in [-0.1, -0.05) is 98.9 Å². The fourth-order valence-electron chi connectivity index (χ4n) is 3.92. The molecule has 0 radical (unpaired) electrons. The molecule has 2 nitrogen and oxygen atoms in total. The van der Waals surface area contributed by atoms with Gasteiger partial charge in [-0.05, 0) is 32.9 Å². The quantitative estimate of drug-likeness (QED) is 0.334. The summed E-state index contributed by atoms with van der Waals surface area (Å²) in [5.41, 5.74) is 0. The fourth-order valence-corrected chi connectivity index (χ4v) is 11.5. The highest BCUT2D eigenvalue weighted by atomic mass is 31.1. The van der Waals surface area contributed by atoms with Crippen molar-refractivity contribution >= 4 is 15.8 Å². The number of rotatable bonds is 6. The molecule has 0 amide bonds. The summed E-state index contributed by atoms with van der Waals surface area (Å²) < 4.78 is 0. The van der Waals surface area contributed by atoms with Crippen molar-refractivity contribution in [3.63, 3.8) is 0 Å². The topological polar surface area (TPSA) is 29.3 Å². The number of nitrogens with two attached hydrogens (primary N) is 1. The van der Waals surface area contributed by atoms with Gasteiger partial charge in [0.05, 0.1) is 0 Å². The van der Waals surface area contributed by atoms with Gasteiger partial charge in [-0.3, -0.25) is 5.84 Å². The van der Waals surface area contributed by atoms with E-state index in [0.717, 1.165) is 13.1 Å². The van der Waals surface area contributed by atoms with Crippen LogP contribution in [-0.4, -0.2) is 51.0 Å². The average molecular weight is 377 g/mol. The SMILES string of the molecule is CC(C)(C)P(CCN(N)CCP(C(C)(C)C)C(C)(C)C)C(C)(C)C. The zero-order chi connectivity index (χ0) is 19.6. The highest BCUT2D eigenvalue weighted by molar-refractivity contribution is 7.61. The molecule has 146 valence electrons. The molecule has 0 saturated heterocycles. The molecule has 0 aliphatic carbocycles. The Morgan fingerprint density at radius 3 is 0.917 bits per heavy atom. The molecule has 0 aromatic heterocycles. The number of hydrogen-bond acceptors (Lipinski definition) is 2. The fraction of sp³-hybridized carbons (Fsp3) is 1.00. The predicted octanol–water partition coefficient (Wildman–Crippen LogP) is 6.32. The molecule has 0 fully saturated rings. The maximum absolute atomic E-state index is 6.40. The second kappa shape index (κ2) is 8.65. The Morgan fingerprint density at radius 2 is 0.750 bits per heavy atom. The van der Waals surface area contributed by atoms with Gasteiger partial charge >= 0.3 is 0 Å². The predicted molar refractivity (Wildman–Crippen MR) is 118 cm³/mol. The average Bonchev–Trinajstić information content (AvgIpc) is 2.21. The first-order chi connectivity index (χ1) is 10.4. The van der Waals surface area contributed by atoms with Gasteiger partial charge in [0.1, 0.15) is 0 Å². The molecule has 0 bridgehead atoms. The second-order valence-corrected chi connectivity index (χ2v) is 19.0. The van der Waals surface area contributed by atoms with Gasteiger partial charge in [0, 0.05) is 13.1 Å². The standard InChI is InChI=1S/C20H46N2P2/c1-17(2,3)23(18(4,5)6)15-13-22(21)14-16-24(19(7,8)9)20(10,11)12/h13-16,21H2,1-12H3. The minimum atomic E-state index is -0.0628. The molecule has 0 spiro atoms. The summed E-state index contributed by atoms with van der Waals surface area (Å²) in [7, 11) is -0.126. The zero-order valence-corrected chi connectivity index (χ0v) is 20.5. The van der Waals surface area contributed by atoms with Gasteiger partial charge in [-0.25, -0.2) is 5.01 Å². The van der Waals surface area contributed by atoms with Gasteiger partial charge in [-0.2, -0.15) is 0 Å². The third-order valence-electron chi connectivity index (χ3n) is 4.46. The Labute approximate surface area is 156 Å². The van der Waals surface area contributed by atoms with Crippen molar-refractivity contribution in [1.82, 2.24) is 5.01 Å². The third kappa shape index (κ3) is 8.93. The van der Waals surface area contributed by atoms with Gasteiger partial charge in [0.25, 0.3) is 0 Å². The van der Waals surface area contributed by atoms with Crippen molar-refractivity contribution in [2.75, 3.05) is 25.4 Å². The van der Waals surface area contributed by atoms with Crippen LogP contribution in [0.2, 0.25) is 0 Å². The Balaban J connectivity index is 4.72. The highest BCUT2D eigenvalue weighted by Crippen LogP contribution is 2.60. The first kappa shape index (κ1) is 24.8. The van der Waals surface area contributed by atoms with Crippen LogP contribution in [0.5, 0.6) is 0 Å². The van der Waals surface area contributed by atoms with Crippen molar-refractivity contribution in [1.29, 1.82) is 0 Å². The van der Waals surface area contributed by atoms with Crippen molar-refractivity contribution in [3.8, 4) is 0 Å². The lowest BCUT2D eigenvalue weighted by Gasteiger charge is -2.43. The summed E-state index contributed by atoms with van der Waals surface area (Å²) in [6.45, 7) is 30.8. The first-order valence-electron chi connectivity index (χ1n) is 9.42.